The number of carboxylic acid groups (broad SMARTS) is 1. The molecule has 6 heteroatoms. The first kappa shape index (κ1) is 14.6. The summed E-state index contributed by atoms with van der Waals surface area (Å²) in [5.41, 5.74) is 0.761. The zero-order valence-electron chi connectivity index (χ0n) is 10.8. The summed E-state index contributed by atoms with van der Waals surface area (Å²) in [5.74, 6) is -1.55. The van der Waals surface area contributed by atoms with Crippen LogP contribution in [0.3, 0.4) is 0 Å². The molecule has 0 aliphatic carbocycles. The molecular weight excluding hydrogens is 252 g/mol. The van der Waals surface area contributed by atoms with Gasteiger partial charge in [0.2, 0.25) is 5.91 Å². The number of aliphatic carboxylic acids is 1. The van der Waals surface area contributed by atoms with Gasteiger partial charge in [-0.3, -0.25) is 9.59 Å². The Morgan fingerprint density at radius 1 is 1.56 bits per heavy atom. The van der Waals surface area contributed by atoms with Crippen LogP contribution in [0.15, 0.2) is 5.38 Å². The number of carbonyl (C=O) groups excluding carboxylic acids is 1. The highest BCUT2D eigenvalue weighted by Crippen LogP contribution is 2.11. The number of carboxylic acids is 1. The summed E-state index contributed by atoms with van der Waals surface area (Å²) >= 11 is 1.55. The van der Waals surface area contributed by atoms with Crippen molar-refractivity contribution in [2.75, 3.05) is 13.6 Å². The summed E-state index contributed by atoms with van der Waals surface area (Å²) in [6, 6.07) is 0. The lowest BCUT2D eigenvalue weighted by molar-refractivity contribution is -0.142. The van der Waals surface area contributed by atoms with Crippen LogP contribution in [0.25, 0.3) is 0 Å². The maximum atomic E-state index is 11.9. The minimum atomic E-state index is -0.892. The van der Waals surface area contributed by atoms with E-state index in [1.807, 2.05) is 12.3 Å². The van der Waals surface area contributed by atoms with E-state index in [9.17, 15) is 9.59 Å². The number of rotatable bonds is 6. The lowest BCUT2D eigenvalue weighted by Crippen LogP contribution is -2.34. The van der Waals surface area contributed by atoms with Gasteiger partial charge in [-0.05, 0) is 6.42 Å². The fraction of sp³-hybridized carbons (Fsp3) is 0.583. The largest absolute Gasteiger partial charge is 0.481 e. The molecule has 0 spiro atoms. The number of likely N-dealkylation sites (N-methyl/N-ethyl adjacent to an activating group) is 1. The molecule has 18 heavy (non-hydrogen) atoms. The van der Waals surface area contributed by atoms with Gasteiger partial charge >= 0.3 is 5.97 Å². The Kier molecular flexibility index (Phi) is 5.27. The number of nitrogens with zero attached hydrogens (tertiary/aromatic N) is 2. The van der Waals surface area contributed by atoms with Crippen molar-refractivity contribution >= 4 is 23.2 Å². The van der Waals surface area contributed by atoms with E-state index in [0.29, 0.717) is 0 Å². The summed E-state index contributed by atoms with van der Waals surface area (Å²) in [4.78, 5) is 28.3. The van der Waals surface area contributed by atoms with Crippen LogP contribution in [0.4, 0.5) is 0 Å². The van der Waals surface area contributed by atoms with E-state index in [1.165, 1.54) is 4.90 Å². The third kappa shape index (κ3) is 4.10. The van der Waals surface area contributed by atoms with Crippen LogP contribution in [0.2, 0.25) is 0 Å². The van der Waals surface area contributed by atoms with E-state index in [1.54, 1.807) is 25.3 Å². The standard InChI is InChI=1S/C12H18N2O3S/c1-4-10-13-9(7-18-10)5-11(15)14(3)6-8(2)12(16)17/h7-8H,4-6H2,1-3H3,(H,16,17). The molecular formula is C12H18N2O3S. The van der Waals surface area contributed by atoms with Gasteiger partial charge in [0.15, 0.2) is 0 Å². The van der Waals surface area contributed by atoms with Gasteiger partial charge in [-0.15, -0.1) is 11.3 Å². The summed E-state index contributed by atoms with van der Waals surface area (Å²) in [6.45, 7) is 3.83. The number of carbonyl (C=O) groups is 2. The molecule has 1 rings (SSSR count). The Hall–Kier alpha value is -1.43. The van der Waals surface area contributed by atoms with Crippen LogP contribution in [0.1, 0.15) is 24.5 Å². The lowest BCUT2D eigenvalue weighted by Gasteiger charge is -2.18. The maximum absolute atomic E-state index is 11.9. The van der Waals surface area contributed by atoms with Crippen molar-refractivity contribution in [3.63, 3.8) is 0 Å². The molecule has 1 atom stereocenters. The Bertz CT molecular complexity index is 431. The second kappa shape index (κ2) is 6.49. The van der Waals surface area contributed by atoms with Crippen LogP contribution in [0.5, 0.6) is 0 Å². The Labute approximate surface area is 110 Å². The third-order valence-corrected chi connectivity index (χ3v) is 3.67. The average Bonchev–Trinajstić information content (AvgIpc) is 2.76. The highest BCUT2D eigenvalue weighted by Gasteiger charge is 2.18. The highest BCUT2D eigenvalue weighted by molar-refractivity contribution is 7.09. The fourth-order valence-corrected chi connectivity index (χ4v) is 2.22. The highest BCUT2D eigenvalue weighted by atomic mass is 32.1. The molecule has 0 aromatic carbocycles. The molecule has 1 aromatic heterocycles. The predicted molar refractivity (Wildman–Crippen MR) is 69.6 cm³/mol. The first-order chi connectivity index (χ1) is 8.43. The number of aromatic nitrogens is 1. The number of aryl methyl sites for hydroxylation is 1. The van der Waals surface area contributed by atoms with Crippen molar-refractivity contribution in [3.05, 3.63) is 16.1 Å². The molecule has 0 radical (unpaired) electrons. The first-order valence-corrected chi connectivity index (χ1v) is 6.72. The van der Waals surface area contributed by atoms with Gasteiger partial charge in [0.05, 0.1) is 23.0 Å². The molecule has 0 aliphatic heterocycles. The fourth-order valence-electron chi connectivity index (χ4n) is 1.47. The number of amides is 1. The monoisotopic (exact) mass is 270 g/mol. The molecule has 1 unspecified atom stereocenters. The lowest BCUT2D eigenvalue weighted by atomic mass is 10.1. The van der Waals surface area contributed by atoms with Gasteiger partial charge in [-0.2, -0.15) is 0 Å². The zero-order valence-corrected chi connectivity index (χ0v) is 11.7. The van der Waals surface area contributed by atoms with Crippen molar-refractivity contribution in [3.8, 4) is 0 Å². The molecule has 0 fully saturated rings. The molecule has 5 nitrogen and oxygen atoms in total. The SMILES string of the molecule is CCc1nc(CC(=O)N(C)CC(C)C(=O)O)cs1. The van der Waals surface area contributed by atoms with Crippen LogP contribution in [0, 0.1) is 5.92 Å². The van der Waals surface area contributed by atoms with Crippen molar-refractivity contribution in [2.45, 2.75) is 26.7 Å². The summed E-state index contributed by atoms with van der Waals surface area (Å²) in [5, 5.41) is 11.7. The molecule has 0 bridgehead atoms. The van der Waals surface area contributed by atoms with E-state index < -0.39 is 11.9 Å². The summed E-state index contributed by atoms with van der Waals surface area (Å²) in [7, 11) is 1.62. The molecule has 1 aromatic rings. The quantitative estimate of drug-likeness (QED) is 0.849. The number of thiazole rings is 1. The molecule has 1 N–H and O–H groups in total. The van der Waals surface area contributed by atoms with Crippen LogP contribution in [-0.4, -0.2) is 40.5 Å². The Morgan fingerprint density at radius 3 is 2.72 bits per heavy atom. The smallest absolute Gasteiger partial charge is 0.308 e. The van der Waals surface area contributed by atoms with Gasteiger partial charge in [0, 0.05) is 19.0 Å². The van der Waals surface area contributed by atoms with Crippen LogP contribution >= 0.6 is 11.3 Å². The molecule has 0 saturated carbocycles. The Balaban J connectivity index is 2.51. The second-order valence-electron chi connectivity index (χ2n) is 4.28. The molecule has 0 aliphatic rings. The summed E-state index contributed by atoms with van der Waals surface area (Å²) < 4.78 is 0. The van der Waals surface area contributed by atoms with E-state index in [-0.39, 0.29) is 18.9 Å². The predicted octanol–water partition coefficient (Wildman–Crippen LogP) is 1.43. The minimum absolute atomic E-state index is 0.101. The average molecular weight is 270 g/mol. The molecule has 100 valence electrons. The zero-order chi connectivity index (χ0) is 13.7. The van der Waals surface area contributed by atoms with Crippen molar-refractivity contribution in [2.24, 2.45) is 5.92 Å². The van der Waals surface area contributed by atoms with E-state index in [0.717, 1.165) is 17.1 Å². The molecule has 0 saturated heterocycles. The summed E-state index contributed by atoms with van der Waals surface area (Å²) in [6.07, 6.45) is 1.10. The van der Waals surface area contributed by atoms with Gasteiger partial charge in [-0.1, -0.05) is 13.8 Å². The van der Waals surface area contributed by atoms with Gasteiger partial charge < -0.3 is 10.0 Å². The van der Waals surface area contributed by atoms with Crippen molar-refractivity contribution in [1.29, 1.82) is 0 Å². The molecule has 1 amide bonds. The van der Waals surface area contributed by atoms with Gasteiger partial charge in [0.1, 0.15) is 0 Å². The van der Waals surface area contributed by atoms with E-state index in [4.69, 9.17) is 5.11 Å². The second-order valence-corrected chi connectivity index (χ2v) is 5.22. The van der Waals surface area contributed by atoms with Crippen molar-refractivity contribution < 1.29 is 14.7 Å². The van der Waals surface area contributed by atoms with Crippen LogP contribution < -0.4 is 0 Å². The number of hydrogen-bond acceptors (Lipinski definition) is 4. The van der Waals surface area contributed by atoms with Crippen molar-refractivity contribution in [1.82, 2.24) is 9.88 Å². The maximum Gasteiger partial charge on any atom is 0.308 e. The molecule has 1 heterocycles. The van der Waals surface area contributed by atoms with Crippen LogP contribution in [-0.2, 0) is 22.4 Å². The topological polar surface area (TPSA) is 70.5 Å². The normalized spacial score (nSPS) is 12.2. The van der Waals surface area contributed by atoms with E-state index in [2.05, 4.69) is 4.98 Å². The van der Waals surface area contributed by atoms with E-state index >= 15 is 0 Å². The number of hydrogen-bond donors (Lipinski definition) is 1. The Morgan fingerprint density at radius 2 is 2.22 bits per heavy atom. The minimum Gasteiger partial charge on any atom is -0.481 e. The third-order valence-electron chi connectivity index (χ3n) is 2.63. The first-order valence-electron chi connectivity index (χ1n) is 5.84. The van der Waals surface area contributed by atoms with Gasteiger partial charge in [-0.25, -0.2) is 4.98 Å². The van der Waals surface area contributed by atoms with Gasteiger partial charge in [0.25, 0.3) is 0 Å².